The van der Waals surface area contributed by atoms with Crippen molar-refractivity contribution in [3.05, 3.63) is 28.4 Å². The molecule has 7 nitrogen and oxygen atoms in total. The van der Waals surface area contributed by atoms with E-state index in [1.165, 1.54) is 19.2 Å². The highest BCUT2D eigenvalue weighted by Gasteiger charge is 2.05. The highest BCUT2D eigenvalue weighted by molar-refractivity contribution is 5.74. The summed E-state index contributed by atoms with van der Waals surface area (Å²) < 4.78 is 4.40. The summed E-state index contributed by atoms with van der Waals surface area (Å²) in [6.07, 6.45) is 1.11. The molecule has 0 aliphatic rings. The highest BCUT2D eigenvalue weighted by atomic mass is 16.6. The molecule has 0 aliphatic heterocycles. The largest absolute Gasteiger partial charge is 0.468 e. The monoisotopic (exact) mass is 211 g/mol. The number of ether oxygens (including phenoxy) is 1. The third-order valence-corrected chi connectivity index (χ3v) is 1.60. The van der Waals surface area contributed by atoms with Crippen molar-refractivity contribution < 1.29 is 14.5 Å². The second-order valence-corrected chi connectivity index (χ2v) is 2.59. The Labute approximate surface area is 85.2 Å². The van der Waals surface area contributed by atoms with Gasteiger partial charge in [0.05, 0.1) is 12.0 Å². The summed E-state index contributed by atoms with van der Waals surface area (Å²) in [7, 11) is 1.27. The van der Waals surface area contributed by atoms with Crippen LogP contribution in [-0.4, -0.2) is 29.5 Å². The fourth-order valence-electron chi connectivity index (χ4n) is 0.834. The number of pyridine rings is 1. The Morgan fingerprint density at radius 1 is 1.67 bits per heavy atom. The van der Waals surface area contributed by atoms with Gasteiger partial charge in [-0.3, -0.25) is 14.9 Å². The SMILES string of the molecule is COC(=O)CNc1ccc([N+](=O)[O-])cn1. The average Bonchev–Trinajstić information content (AvgIpc) is 2.26. The van der Waals surface area contributed by atoms with Crippen molar-refractivity contribution >= 4 is 17.5 Å². The number of rotatable bonds is 4. The van der Waals surface area contributed by atoms with Crippen LogP contribution in [0.5, 0.6) is 0 Å². The molecule has 7 heteroatoms. The first-order chi connectivity index (χ1) is 7.13. The van der Waals surface area contributed by atoms with Gasteiger partial charge in [-0.05, 0) is 6.07 Å². The van der Waals surface area contributed by atoms with E-state index < -0.39 is 10.9 Å². The number of hydrogen-bond donors (Lipinski definition) is 1. The van der Waals surface area contributed by atoms with E-state index in [0.29, 0.717) is 5.82 Å². The normalized spacial score (nSPS) is 9.40. The van der Waals surface area contributed by atoms with Gasteiger partial charge >= 0.3 is 5.97 Å². The van der Waals surface area contributed by atoms with Crippen molar-refractivity contribution in [3.63, 3.8) is 0 Å². The lowest BCUT2D eigenvalue weighted by atomic mass is 10.4. The topological polar surface area (TPSA) is 94.4 Å². The van der Waals surface area contributed by atoms with E-state index in [0.717, 1.165) is 6.20 Å². The first kappa shape index (κ1) is 10.9. The Balaban J connectivity index is 2.57. The summed E-state index contributed by atoms with van der Waals surface area (Å²) in [6.45, 7) is -0.0265. The van der Waals surface area contributed by atoms with Crippen molar-refractivity contribution in [1.29, 1.82) is 0 Å². The number of anilines is 1. The zero-order valence-electron chi connectivity index (χ0n) is 7.97. The van der Waals surface area contributed by atoms with Gasteiger partial charge in [-0.25, -0.2) is 4.98 Å². The van der Waals surface area contributed by atoms with Crippen LogP contribution in [0, 0.1) is 10.1 Å². The molecule has 15 heavy (non-hydrogen) atoms. The number of nitro groups is 1. The van der Waals surface area contributed by atoms with E-state index in [1.807, 2.05) is 0 Å². The van der Waals surface area contributed by atoms with Gasteiger partial charge in [0, 0.05) is 6.07 Å². The summed E-state index contributed by atoms with van der Waals surface area (Å²) in [5, 5.41) is 12.9. The van der Waals surface area contributed by atoms with Gasteiger partial charge in [0.25, 0.3) is 5.69 Å². The molecule has 0 aromatic carbocycles. The summed E-state index contributed by atoms with van der Waals surface area (Å²) in [6, 6.07) is 2.72. The zero-order valence-corrected chi connectivity index (χ0v) is 7.97. The molecule has 80 valence electrons. The van der Waals surface area contributed by atoms with Crippen LogP contribution >= 0.6 is 0 Å². The Hall–Kier alpha value is -2.18. The van der Waals surface area contributed by atoms with Crippen molar-refractivity contribution in [2.45, 2.75) is 0 Å². The summed E-state index contributed by atoms with van der Waals surface area (Å²) in [5.41, 5.74) is -0.0985. The van der Waals surface area contributed by atoms with E-state index in [1.54, 1.807) is 0 Å². The van der Waals surface area contributed by atoms with Gasteiger partial charge in [0.15, 0.2) is 0 Å². The molecule has 0 fully saturated rings. The van der Waals surface area contributed by atoms with Crippen LogP contribution in [0.25, 0.3) is 0 Å². The Morgan fingerprint density at radius 3 is 2.87 bits per heavy atom. The quantitative estimate of drug-likeness (QED) is 0.444. The van der Waals surface area contributed by atoms with Crippen LogP contribution in [0.4, 0.5) is 11.5 Å². The van der Waals surface area contributed by atoms with Gasteiger partial charge in [0.1, 0.15) is 18.6 Å². The molecule has 1 aromatic rings. The van der Waals surface area contributed by atoms with Crippen molar-refractivity contribution in [3.8, 4) is 0 Å². The van der Waals surface area contributed by atoms with Gasteiger partial charge in [-0.2, -0.15) is 0 Å². The van der Waals surface area contributed by atoms with Crippen LogP contribution in [0.3, 0.4) is 0 Å². The van der Waals surface area contributed by atoms with Crippen LogP contribution < -0.4 is 5.32 Å². The first-order valence-electron chi connectivity index (χ1n) is 4.04. The molecular weight excluding hydrogens is 202 g/mol. The Bertz CT molecular complexity index is 363. The lowest BCUT2D eigenvalue weighted by Crippen LogP contribution is -2.15. The molecule has 0 unspecified atom stereocenters. The summed E-state index contributed by atoms with van der Waals surface area (Å²) in [4.78, 5) is 24.2. The first-order valence-corrected chi connectivity index (χ1v) is 4.04. The lowest BCUT2D eigenvalue weighted by Gasteiger charge is -2.02. The third-order valence-electron chi connectivity index (χ3n) is 1.60. The minimum Gasteiger partial charge on any atom is -0.468 e. The van der Waals surface area contributed by atoms with Gasteiger partial charge < -0.3 is 10.1 Å². The lowest BCUT2D eigenvalue weighted by molar-refractivity contribution is -0.385. The number of hydrogen-bond acceptors (Lipinski definition) is 6. The molecule has 0 amide bonds. The van der Waals surface area contributed by atoms with E-state index in [9.17, 15) is 14.9 Å². The third kappa shape index (κ3) is 3.22. The predicted octanol–water partition coefficient (Wildman–Crippen LogP) is 0.575. The molecular formula is C8H9N3O4. The predicted molar refractivity (Wildman–Crippen MR) is 51.4 cm³/mol. The number of nitrogens with zero attached hydrogens (tertiary/aromatic N) is 2. The standard InChI is InChI=1S/C8H9N3O4/c1-15-8(12)5-10-7-3-2-6(4-9-7)11(13)14/h2-4H,5H2,1H3,(H,9,10). The minimum absolute atomic E-state index is 0.0265. The number of carbonyl (C=O) groups is 1. The molecule has 0 atom stereocenters. The van der Waals surface area contributed by atoms with E-state index in [4.69, 9.17) is 0 Å². The van der Waals surface area contributed by atoms with Crippen molar-refractivity contribution in [2.75, 3.05) is 19.0 Å². The number of aromatic nitrogens is 1. The maximum atomic E-state index is 10.7. The van der Waals surface area contributed by atoms with E-state index >= 15 is 0 Å². The van der Waals surface area contributed by atoms with Crippen LogP contribution in [0.2, 0.25) is 0 Å². The van der Waals surface area contributed by atoms with Crippen LogP contribution in [-0.2, 0) is 9.53 Å². The van der Waals surface area contributed by atoms with Gasteiger partial charge in [0.2, 0.25) is 0 Å². The number of esters is 1. The van der Waals surface area contributed by atoms with Crippen LogP contribution in [0.1, 0.15) is 0 Å². The van der Waals surface area contributed by atoms with Gasteiger partial charge in [-0.15, -0.1) is 0 Å². The zero-order chi connectivity index (χ0) is 11.3. The maximum Gasteiger partial charge on any atom is 0.325 e. The molecule has 0 saturated heterocycles. The summed E-state index contributed by atoms with van der Waals surface area (Å²) >= 11 is 0. The molecule has 0 saturated carbocycles. The second-order valence-electron chi connectivity index (χ2n) is 2.59. The molecule has 1 heterocycles. The number of nitrogens with one attached hydrogen (secondary N) is 1. The highest BCUT2D eigenvalue weighted by Crippen LogP contribution is 2.11. The van der Waals surface area contributed by atoms with Crippen molar-refractivity contribution in [1.82, 2.24) is 4.98 Å². The van der Waals surface area contributed by atoms with Crippen molar-refractivity contribution in [2.24, 2.45) is 0 Å². The summed E-state index contributed by atoms with van der Waals surface area (Å²) in [5.74, 6) is -0.0545. The Morgan fingerprint density at radius 2 is 2.40 bits per heavy atom. The smallest absolute Gasteiger partial charge is 0.325 e. The molecule has 1 N–H and O–H groups in total. The molecule has 0 radical (unpaired) electrons. The van der Waals surface area contributed by atoms with E-state index in [2.05, 4.69) is 15.0 Å². The molecule has 0 bridgehead atoms. The second kappa shape index (κ2) is 4.89. The average molecular weight is 211 g/mol. The van der Waals surface area contributed by atoms with E-state index in [-0.39, 0.29) is 12.2 Å². The Kier molecular flexibility index (Phi) is 3.55. The molecule has 0 spiro atoms. The molecule has 1 rings (SSSR count). The fourth-order valence-corrected chi connectivity index (χ4v) is 0.834. The van der Waals surface area contributed by atoms with Crippen LogP contribution in [0.15, 0.2) is 18.3 Å². The minimum atomic E-state index is -0.545. The number of methoxy groups -OCH3 is 1. The maximum absolute atomic E-state index is 10.7. The number of carbonyl (C=O) groups excluding carboxylic acids is 1. The molecule has 0 aliphatic carbocycles. The molecule has 1 aromatic heterocycles. The fraction of sp³-hybridized carbons (Fsp3) is 0.250. The van der Waals surface area contributed by atoms with Gasteiger partial charge in [-0.1, -0.05) is 0 Å².